The largest absolute Gasteiger partial charge is 0.264 e. The minimum absolute atomic E-state index is 0.270. The third-order valence-corrected chi connectivity index (χ3v) is 4.24. The Bertz CT molecular complexity index is 735. The normalized spacial score (nSPS) is 14.2. The molecule has 1 unspecified atom stereocenters. The number of hydrogen-bond acceptors (Lipinski definition) is 3. The quantitative estimate of drug-likeness (QED) is 0.734. The van der Waals surface area contributed by atoms with Crippen molar-refractivity contribution in [3.05, 3.63) is 59.3 Å². The van der Waals surface area contributed by atoms with Gasteiger partial charge in [-0.3, -0.25) is 4.98 Å². The van der Waals surface area contributed by atoms with Crippen LogP contribution < -0.4 is 0 Å². The molecule has 0 aromatic carbocycles. The lowest BCUT2D eigenvalue weighted by molar-refractivity contribution is 0.492. The van der Waals surface area contributed by atoms with Gasteiger partial charge >= 0.3 is 0 Å². The van der Waals surface area contributed by atoms with Crippen LogP contribution in [0.15, 0.2) is 43.0 Å². The van der Waals surface area contributed by atoms with E-state index < -0.39 is 0 Å². The molecular weight excluding hydrogens is 284 g/mol. The summed E-state index contributed by atoms with van der Waals surface area (Å²) in [6.07, 6.45) is 9.21. The first-order chi connectivity index (χ1) is 10.1. The lowest BCUT2D eigenvalue weighted by atomic mass is 9.76. The average molecular weight is 301 g/mol. The third-order valence-electron chi connectivity index (χ3n) is 3.91. The van der Waals surface area contributed by atoms with Crippen molar-refractivity contribution >= 4 is 17.2 Å². The van der Waals surface area contributed by atoms with E-state index in [4.69, 9.17) is 11.6 Å². The van der Waals surface area contributed by atoms with E-state index in [2.05, 4.69) is 28.9 Å². The van der Waals surface area contributed by atoms with Gasteiger partial charge in [0, 0.05) is 46.9 Å². The molecule has 0 amide bonds. The van der Waals surface area contributed by atoms with Crippen LogP contribution in [0.2, 0.25) is 5.02 Å². The van der Waals surface area contributed by atoms with Gasteiger partial charge in [0.25, 0.3) is 0 Å². The summed E-state index contributed by atoms with van der Waals surface area (Å²) in [5, 5.41) is 5.42. The van der Waals surface area contributed by atoms with Crippen molar-refractivity contribution in [2.45, 2.75) is 32.1 Å². The predicted octanol–water partition coefficient (Wildman–Crippen LogP) is 3.88. The Kier molecular flexibility index (Phi) is 3.64. The van der Waals surface area contributed by atoms with Gasteiger partial charge in [-0.15, -0.1) is 0 Å². The summed E-state index contributed by atoms with van der Waals surface area (Å²) in [6, 6.07) is 5.73. The molecule has 1 atom stereocenters. The van der Waals surface area contributed by atoms with Gasteiger partial charge in [0.15, 0.2) is 5.65 Å². The maximum absolute atomic E-state index is 6.40. The minimum atomic E-state index is -0.270. The Morgan fingerprint density at radius 3 is 2.90 bits per heavy atom. The molecule has 3 heterocycles. The van der Waals surface area contributed by atoms with Crippen LogP contribution in [0.4, 0.5) is 0 Å². The van der Waals surface area contributed by atoms with Gasteiger partial charge < -0.3 is 0 Å². The predicted molar refractivity (Wildman–Crippen MR) is 83.6 cm³/mol. The van der Waals surface area contributed by atoms with Crippen LogP contribution in [0.5, 0.6) is 0 Å². The summed E-state index contributed by atoms with van der Waals surface area (Å²) >= 11 is 6.40. The van der Waals surface area contributed by atoms with Crippen molar-refractivity contribution in [2.24, 2.45) is 0 Å². The molecular formula is C16H17ClN4. The Balaban J connectivity index is 2.18. The lowest BCUT2D eigenvalue weighted by Gasteiger charge is -2.28. The number of halogens is 1. The number of rotatable bonds is 4. The van der Waals surface area contributed by atoms with E-state index in [1.165, 1.54) is 0 Å². The van der Waals surface area contributed by atoms with Gasteiger partial charge in [-0.2, -0.15) is 5.10 Å². The van der Waals surface area contributed by atoms with Crippen molar-refractivity contribution in [1.82, 2.24) is 19.6 Å². The fourth-order valence-corrected chi connectivity index (χ4v) is 3.10. The summed E-state index contributed by atoms with van der Waals surface area (Å²) in [6.45, 7) is 4.33. The molecule has 0 aliphatic carbocycles. The molecule has 0 saturated carbocycles. The maximum Gasteiger partial charge on any atom is 0.155 e. The molecule has 0 saturated heterocycles. The van der Waals surface area contributed by atoms with Crippen molar-refractivity contribution in [3.8, 4) is 0 Å². The number of hydrogen-bond donors (Lipinski definition) is 0. The Morgan fingerprint density at radius 2 is 2.19 bits per heavy atom. The number of fused-ring (bicyclic) bond motifs is 1. The van der Waals surface area contributed by atoms with E-state index in [-0.39, 0.29) is 5.41 Å². The molecule has 0 radical (unpaired) electrons. The summed E-state index contributed by atoms with van der Waals surface area (Å²) in [5.41, 5.74) is 2.55. The molecule has 3 rings (SSSR count). The van der Waals surface area contributed by atoms with Crippen LogP contribution in [0.25, 0.3) is 5.65 Å². The van der Waals surface area contributed by atoms with Crippen molar-refractivity contribution in [1.29, 1.82) is 0 Å². The van der Waals surface area contributed by atoms with Crippen LogP contribution >= 0.6 is 11.6 Å². The van der Waals surface area contributed by atoms with Gasteiger partial charge in [0.1, 0.15) is 0 Å². The molecule has 5 heteroatoms. The van der Waals surface area contributed by atoms with Crippen LogP contribution in [0.1, 0.15) is 37.9 Å². The first-order valence-electron chi connectivity index (χ1n) is 7.06. The fraction of sp³-hybridized carbons (Fsp3) is 0.312. The molecule has 0 spiro atoms. The smallest absolute Gasteiger partial charge is 0.155 e. The molecule has 4 nitrogen and oxygen atoms in total. The fourth-order valence-electron chi connectivity index (χ4n) is 2.78. The SMILES string of the molecule is CCCC(C)(c1cc2ncccn2n1)c1cnccc1Cl. The Morgan fingerprint density at radius 1 is 1.33 bits per heavy atom. The first-order valence-corrected chi connectivity index (χ1v) is 7.44. The zero-order valence-electron chi connectivity index (χ0n) is 12.1. The van der Waals surface area contributed by atoms with Crippen molar-refractivity contribution < 1.29 is 0 Å². The van der Waals surface area contributed by atoms with E-state index >= 15 is 0 Å². The van der Waals surface area contributed by atoms with Crippen molar-refractivity contribution in [3.63, 3.8) is 0 Å². The van der Waals surface area contributed by atoms with E-state index in [1.807, 2.05) is 30.6 Å². The molecule has 0 bridgehead atoms. The Hall–Kier alpha value is -1.94. The summed E-state index contributed by atoms with van der Waals surface area (Å²) < 4.78 is 1.80. The monoisotopic (exact) mass is 300 g/mol. The molecule has 21 heavy (non-hydrogen) atoms. The minimum Gasteiger partial charge on any atom is -0.264 e. The summed E-state index contributed by atoms with van der Waals surface area (Å²) in [4.78, 5) is 8.58. The zero-order valence-corrected chi connectivity index (χ0v) is 12.9. The van der Waals surface area contributed by atoms with Gasteiger partial charge in [0.2, 0.25) is 0 Å². The Labute approximate surface area is 128 Å². The van der Waals surface area contributed by atoms with Gasteiger partial charge in [-0.1, -0.05) is 24.9 Å². The molecule has 0 aliphatic heterocycles. The van der Waals surface area contributed by atoms with Crippen LogP contribution in [0.3, 0.4) is 0 Å². The molecule has 0 aliphatic rings. The van der Waals surface area contributed by atoms with E-state index in [9.17, 15) is 0 Å². The maximum atomic E-state index is 6.40. The van der Waals surface area contributed by atoms with Gasteiger partial charge in [-0.25, -0.2) is 9.50 Å². The van der Waals surface area contributed by atoms with Crippen LogP contribution in [-0.2, 0) is 5.41 Å². The highest BCUT2D eigenvalue weighted by atomic mass is 35.5. The first kappa shape index (κ1) is 14.0. The van der Waals surface area contributed by atoms with E-state index in [0.29, 0.717) is 0 Å². The molecule has 3 aromatic rings. The summed E-state index contributed by atoms with van der Waals surface area (Å²) in [7, 11) is 0. The standard InChI is InChI=1S/C16H17ClN4/c1-3-6-16(2,12-11-18-8-5-13(12)17)14-10-15-19-7-4-9-21(15)20-14/h4-5,7-11H,3,6H2,1-2H3. The van der Waals surface area contributed by atoms with Crippen LogP contribution in [0, 0.1) is 0 Å². The topological polar surface area (TPSA) is 43.1 Å². The molecule has 0 N–H and O–H groups in total. The third kappa shape index (κ3) is 2.40. The van der Waals surface area contributed by atoms with Crippen LogP contribution in [-0.4, -0.2) is 19.6 Å². The second-order valence-electron chi connectivity index (χ2n) is 5.39. The second kappa shape index (κ2) is 5.45. The van der Waals surface area contributed by atoms with E-state index in [0.717, 1.165) is 34.8 Å². The van der Waals surface area contributed by atoms with E-state index in [1.54, 1.807) is 16.9 Å². The molecule has 3 aromatic heterocycles. The molecule has 0 fully saturated rings. The summed E-state index contributed by atoms with van der Waals surface area (Å²) in [5.74, 6) is 0. The highest BCUT2D eigenvalue weighted by Crippen LogP contribution is 2.38. The molecule has 108 valence electrons. The number of pyridine rings is 1. The van der Waals surface area contributed by atoms with Gasteiger partial charge in [-0.05, 0) is 25.5 Å². The number of nitrogens with zero attached hydrogens (tertiary/aromatic N) is 4. The highest BCUT2D eigenvalue weighted by molar-refractivity contribution is 6.31. The van der Waals surface area contributed by atoms with Crippen molar-refractivity contribution in [2.75, 3.05) is 0 Å². The van der Waals surface area contributed by atoms with Gasteiger partial charge in [0.05, 0.1) is 5.69 Å². The zero-order chi connectivity index (χ0) is 14.9. The average Bonchev–Trinajstić information content (AvgIpc) is 2.92. The highest BCUT2D eigenvalue weighted by Gasteiger charge is 2.33. The lowest BCUT2D eigenvalue weighted by Crippen LogP contribution is -2.25. The second-order valence-corrected chi connectivity index (χ2v) is 5.80. The number of aromatic nitrogens is 4.